The summed E-state index contributed by atoms with van der Waals surface area (Å²) in [4.78, 5) is 13.4. The second kappa shape index (κ2) is 9.71. The number of hydrogen-bond donors (Lipinski definition) is 0. The SMILES string of the molecule is C=C1C(OC(F)(F)F)=CC(Cl)=CN1/C=C(\CCCC)C(C)C(=O)OCC. The molecule has 0 N–H and O–H groups in total. The Morgan fingerprint density at radius 3 is 2.62 bits per heavy atom. The van der Waals surface area contributed by atoms with Crippen molar-refractivity contribution in [2.45, 2.75) is 46.4 Å². The third-order valence-corrected chi connectivity index (χ3v) is 3.88. The van der Waals surface area contributed by atoms with Crippen molar-refractivity contribution in [1.82, 2.24) is 4.90 Å². The monoisotopic (exact) mass is 393 g/mol. The molecule has 0 radical (unpaired) electrons. The summed E-state index contributed by atoms with van der Waals surface area (Å²) in [6.45, 7) is 9.29. The first-order chi connectivity index (χ1) is 12.1. The first-order valence-electron chi connectivity index (χ1n) is 8.28. The van der Waals surface area contributed by atoms with Crippen LogP contribution in [0.4, 0.5) is 13.2 Å². The van der Waals surface area contributed by atoms with E-state index in [9.17, 15) is 18.0 Å². The molecule has 0 bridgehead atoms. The fourth-order valence-electron chi connectivity index (χ4n) is 2.28. The van der Waals surface area contributed by atoms with Gasteiger partial charge in [-0.25, -0.2) is 0 Å². The van der Waals surface area contributed by atoms with Gasteiger partial charge in [-0.2, -0.15) is 0 Å². The Hall–Kier alpha value is -1.89. The molecule has 1 heterocycles. The van der Waals surface area contributed by atoms with Crippen molar-refractivity contribution in [2.24, 2.45) is 5.92 Å². The number of carbonyl (C=O) groups excluding carboxylic acids is 1. The summed E-state index contributed by atoms with van der Waals surface area (Å²) in [6.07, 6.45) is 1.46. The molecule has 146 valence electrons. The van der Waals surface area contributed by atoms with Crippen molar-refractivity contribution in [1.29, 1.82) is 0 Å². The van der Waals surface area contributed by atoms with Crippen molar-refractivity contribution in [2.75, 3.05) is 6.61 Å². The molecular weight excluding hydrogens is 371 g/mol. The van der Waals surface area contributed by atoms with Gasteiger partial charge in [-0.1, -0.05) is 31.5 Å². The Labute approximate surface area is 156 Å². The Kier molecular flexibility index (Phi) is 8.27. The predicted octanol–water partition coefficient (Wildman–Crippen LogP) is 5.59. The predicted molar refractivity (Wildman–Crippen MR) is 93.5 cm³/mol. The zero-order valence-corrected chi connectivity index (χ0v) is 15.8. The van der Waals surface area contributed by atoms with E-state index in [2.05, 4.69) is 11.3 Å². The highest BCUT2D eigenvalue weighted by molar-refractivity contribution is 6.31. The van der Waals surface area contributed by atoms with Gasteiger partial charge in [0.05, 0.1) is 23.3 Å². The van der Waals surface area contributed by atoms with Gasteiger partial charge in [-0.3, -0.25) is 4.79 Å². The van der Waals surface area contributed by atoms with Gasteiger partial charge < -0.3 is 14.4 Å². The summed E-state index contributed by atoms with van der Waals surface area (Å²) in [7, 11) is 0. The van der Waals surface area contributed by atoms with Gasteiger partial charge in [0.1, 0.15) is 0 Å². The van der Waals surface area contributed by atoms with Gasteiger partial charge in [-0.05, 0) is 32.3 Å². The number of rotatable bonds is 8. The van der Waals surface area contributed by atoms with E-state index in [1.807, 2.05) is 6.92 Å². The van der Waals surface area contributed by atoms with Gasteiger partial charge in [0.2, 0.25) is 0 Å². The van der Waals surface area contributed by atoms with Crippen LogP contribution in [0.3, 0.4) is 0 Å². The Morgan fingerprint density at radius 1 is 1.42 bits per heavy atom. The average Bonchev–Trinajstić information content (AvgIpc) is 2.53. The maximum atomic E-state index is 12.6. The summed E-state index contributed by atoms with van der Waals surface area (Å²) in [5.41, 5.74) is 0.678. The molecule has 0 aliphatic carbocycles. The number of hydrogen-bond acceptors (Lipinski definition) is 4. The van der Waals surface area contributed by atoms with E-state index in [4.69, 9.17) is 16.3 Å². The number of alkyl halides is 3. The van der Waals surface area contributed by atoms with Crippen molar-refractivity contribution in [3.63, 3.8) is 0 Å². The van der Waals surface area contributed by atoms with E-state index < -0.39 is 24.0 Å². The van der Waals surface area contributed by atoms with E-state index in [0.29, 0.717) is 12.0 Å². The maximum Gasteiger partial charge on any atom is 0.573 e. The number of ether oxygens (including phenoxy) is 2. The van der Waals surface area contributed by atoms with Gasteiger partial charge in [0.15, 0.2) is 5.76 Å². The van der Waals surface area contributed by atoms with Gasteiger partial charge >= 0.3 is 12.3 Å². The van der Waals surface area contributed by atoms with Crippen LogP contribution in [0.2, 0.25) is 0 Å². The molecule has 26 heavy (non-hydrogen) atoms. The molecule has 0 amide bonds. The number of esters is 1. The van der Waals surface area contributed by atoms with Crippen LogP contribution >= 0.6 is 11.6 Å². The maximum absolute atomic E-state index is 12.6. The molecule has 0 aromatic heterocycles. The molecule has 0 aromatic rings. The molecule has 1 aliphatic heterocycles. The minimum absolute atomic E-state index is 0.0308. The molecule has 0 saturated carbocycles. The first-order valence-corrected chi connectivity index (χ1v) is 8.66. The fourth-order valence-corrected chi connectivity index (χ4v) is 2.49. The van der Waals surface area contributed by atoms with Crippen molar-refractivity contribution >= 4 is 17.6 Å². The van der Waals surface area contributed by atoms with Crippen molar-refractivity contribution < 1.29 is 27.4 Å². The largest absolute Gasteiger partial charge is 0.573 e. The van der Waals surface area contributed by atoms with Crippen LogP contribution in [-0.4, -0.2) is 23.8 Å². The third kappa shape index (κ3) is 6.78. The lowest BCUT2D eigenvalue weighted by atomic mass is 9.96. The topological polar surface area (TPSA) is 38.8 Å². The van der Waals surface area contributed by atoms with Crippen LogP contribution in [0, 0.1) is 5.92 Å². The minimum atomic E-state index is -4.86. The molecular formula is C18H23ClF3NO3. The molecule has 0 fully saturated rings. The van der Waals surface area contributed by atoms with Gasteiger partial charge in [0, 0.05) is 18.5 Å². The minimum Gasteiger partial charge on any atom is -0.466 e. The zero-order chi connectivity index (χ0) is 19.9. The lowest BCUT2D eigenvalue weighted by molar-refractivity contribution is -0.304. The molecule has 1 unspecified atom stereocenters. The highest BCUT2D eigenvalue weighted by atomic mass is 35.5. The zero-order valence-electron chi connectivity index (χ0n) is 15.0. The molecule has 8 heteroatoms. The van der Waals surface area contributed by atoms with Gasteiger partial charge in [-0.15, -0.1) is 13.2 Å². The Balaban J connectivity index is 3.12. The Bertz CT molecular complexity index is 624. The van der Waals surface area contributed by atoms with E-state index >= 15 is 0 Å². The molecule has 1 atom stereocenters. The average molecular weight is 394 g/mol. The van der Waals surface area contributed by atoms with Crippen LogP contribution < -0.4 is 0 Å². The number of unbranched alkanes of at least 4 members (excludes halogenated alkanes) is 1. The van der Waals surface area contributed by atoms with E-state index in [1.54, 1.807) is 20.0 Å². The number of allylic oxidation sites excluding steroid dienone is 2. The van der Waals surface area contributed by atoms with Crippen molar-refractivity contribution in [3.8, 4) is 0 Å². The number of halogens is 4. The summed E-state index contributed by atoms with van der Waals surface area (Å²) in [6, 6.07) is 0. The highest BCUT2D eigenvalue weighted by Crippen LogP contribution is 2.32. The summed E-state index contributed by atoms with van der Waals surface area (Å²) in [5.74, 6) is -1.44. The molecule has 0 aromatic carbocycles. The lowest BCUT2D eigenvalue weighted by Crippen LogP contribution is -2.23. The first kappa shape index (κ1) is 22.2. The van der Waals surface area contributed by atoms with Gasteiger partial charge in [0.25, 0.3) is 0 Å². The van der Waals surface area contributed by atoms with Crippen LogP contribution in [-0.2, 0) is 14.3 Å². The highest BCUT2D eigenvalue weighted by Gasteiger charge is 2.34. The molecule has 1 aliphatic rings. The second-order valence-electron chi connectivity index (χ2n) is 5.71. The van der Waals surface area contributed by atoms with Crippen LogP contribution in [0.25, 0.3) is 0 Å². The molecule has 1 rings (SSSR count). The van der Waals surface area contributed by atoms with Crippen LogP contribution in [0.1, 0.15) is 40.0 Å². The summed E-state index contributed by atoms with van der Waals surface area (Å²) >= 11 is 5.91. The van der Waals surface area contributed by atoms with E-state index in [1.165, 1.54) is 11.1 Å². The molecule has 0 spiro atoms. The second-order valence-corrected chi connectivity index (χ2v) is 6.14. The normalized spacial score (nSPS) is 16.8. The Morgan fingerprint density at radius 2 is 2.08 bits per heavy atom. The summed E-state index contributed by atoms with van der Waals surface area (Å²) in [5, 5.41) is 0.0477. The smallest absolute Gasteiger partial charge is 0.466 e. The van der Waals surface area contributed by atoms with Crippen molar-refractivity contribution in [3.05, 3.63) is 47.1 Å². The van der Waals surface area contributed by atoms with E-state index in [0.717, 1.165) is 18.9 Å². The molecule has 4 nitrogen and oxygen atoms in total. The molecule has 0 saturated heterocycles. The number of nitrogens with zero attached hydrogens (tertiary/aromatic N) is 1. The lowest BCUT2D eigenvalue weighted by Gasteiger charge is -2.27. The quantitative estimate of drug-likeness (QED) is 0.504. The fraction of sp³-hybridized carbons (Fsp3) is 0.500. The van der Waals surface area contributed by atoms with E-state index in [-0.39, 0.29) is 17.3 Å². The van der Waals surface area contributed by atoms with Crippen LogP contribution in [0.15, 0.2) is 47.1 Å². The number of carbonyl (C=O) groups is 1. The standard InChI is InChI=1S/C18H23ClF3NO3/c1-5-7-8-14(12(3)17(24)25-6-2)10-23-11-15(19)9-16(13(23)4)26-18(20,21)22/h9-12H,4-8H2,1-3H3/b14-10+. The third-order valence-electron chi connectivity index (χ3n) is 3.67. The summed E-state index contributed by atoms with van der Waals surface area (Å²) < 4.78 is 46.7. The van der Waals surface area contributed by atoms with Crippen LogP contribution in [0.5, 0.6) is 0 Å².